The quantitative estimate of drug-likeness (QED) is 0.778. The predicted molar refractivity (Wildman–Crippen MR) is 83.2 cm³/mol. The van der Waals surface area contributed by atoms with Gasteiger partial charge in [0.25, 0.3) is 5.91 Å². The topological polar surface area (TPSA) is 56.6 Å². The Kier molecular flexibility index (Phi) is 5.73. The second-order valence-electron chi connectivity index (χ2n) is 5.12. The number of alkyl halides is 2. The van der Waals surface area contributed by atoms with Crippen LogP contribution in [-0.2, 0) is 13.6 Å². The van der Waals surface area contributed by atoms with Gasteiger partial charge in [-0.2, -0.15) is 8.78 Å². The molecule has 0 unspecified atom stereocenters. The molecular formula is C16H19F2N3O3. The van der Waals surface area contributed by atoms with Gasteiger partial charge in [0, 0.05) is 33.0 Å². The van der Waals surface area contributed by atoms with Crippen molar-refractivity contribution in [3.8, 4) is 11.5 Å². The zero-order chi connectivity index (χ0) is 17.7. The number of amides is 1. The highest BCUT2D eigenvalue weighted by Gasteiger charge is 2.17. The first kappa shape index (κ1) is 17.7. The first-order chi connectivity index (χ1) is 11.4. The molecule has 0 aliphatic rings. The van der Waals surface area contributed by atoms with Gasteiger partial charge >= 0.3 is 6.61 Å². The van der Waals surface area contributed by atoms with Crippen LogP contribution in [0.5, 0.6) is 11.5 Å². The van der Waals surface area contributed by atoms with E-state index in [0.717, 1.165) is 5.56 Å². The number of aromatic nitrogens is 2. The van der Waals surface area contributed by atoms with Gasteiger partial charge < -0.3 is 18.9 Å². The SMILES string of the molecule is CCOc1cc(CN(C)C(=O)c2nccn2C)ccc1OC(F)F. The Hall–Kier alpha value is -2.64. The standard InChI is InChI=1S/C16H19F2N3O3/c1-4-23-13-9-11(5-6-12(13)24-16(17)18)10-21(3)15(22)14-19-7-8-20(14)2/h5-9,16H,4,10H2,1-3H3. The fourth-order valence-corrected chi connectivity index (χ4v) is 2.20. The lowest BCUT2D eigenvalue weighted by Gasteiger charge is -2.18. The molecule has 0 aliphatic carbocycles. The second-order valence-corrected chi connectivity index (χ2v) is 5.12. The number of ether oxygens (including phenoxy) is 2. The molecule has 1 aromatic heterocycles. The lowest BCUT2D eigenvalue weighted by molar-refractivity contribution is -0.0514. The van der Waals surface area contributed by atoms with Crippen LogP contribution in [0, 0.1) is 0 Å². The van der Waals surface area contributed by atoms with Gasteiger partial charge in [0.15, 0.2) is 17.3 Å². The van der Waals surface area contributed by atoms with Gasteiger partial charge in [-0.05, 0) is 24.6 Å². The fraction of sp³-hybridized carbons (Fsp3) is 0.375. The zero-order valence-corrected chi connectivity index (χ0v) is 13.7. The Morgan fingerprint density at radius 3 is 2.71 bits per heavy atom. The molecule has 2 aromatic rings. The average Bonchev–Trinajstić information content (AvgIpc) is 2.95. The van der Waals surface area contributed by atoms with Crippen molar-refractivity contribution in [1.29, 1.82) is 0 Å². The summed E-state index contributed by atoms with van der Waals surface area (Å²) in [6.45, 7) is -0.593. The first-order valence-corrected chi connectivity index (χ1v) is 7.35. The van der Waals surface area contributed by atoms with Gasteiger partial charge in [-0.15, -0.1) is 0 Å². The minimum absolute atomic E-state index is 0.0336. The molecule has 0 radical (unpaired) electrons. The van der Waals surface area contributed by atoms with Crippen LogP contribution in [0.25, 0.3) is 0 Å². The van der Waals surface area contributed by atoms with Gasteiger partial charge in [-0.1, -0.05) is 6.07 Å². The molecule has 0 bridgehead atoms. The van der Waals surface area contributed by atoms with Gasteiger partial charge in [-0.25, -0.2) is 4.98 Å². The number of benzene rings is 1. The van der Waals surface area contributed by atoms with Crippen LogP contribution in [0.1, 0.15) is 23.1 Å². The third kappa shape index (κ3) is 4.21. The molecule has 2 rings (SSSR count). The number of aryl methyl sites for hydroxylation is 1. The number of rotatable bonds is 7. The predicted octanol–water partition coefficient (Wildman–Crippen LogP) is 2.69. The summed E-state index contributed by atoms with van der Waals surface area (Å²) in [5.41, 5.74) is 0.727. The number of carbonyl (C=O) groups excluding carboxylic acids is 1. The van der Waals surface area contributed by atoms with E-state index in [2.05, 4.69) is 9.72 Å². The molecule has 1 aromatic carbocycles. The Labute approximate surface area is 138 Å². The van der Waals surface area contributed by atoms with Crippen molar-refractivity contribution >= 4 is 5.91 Å². The average molecular weight is 339 g/mol. The Morgan fingerprint density at radius 1 is 1.38 bits per heavy atom. The fourth-order valence-electron chi connectivity index (χ4n) is 2.20. The van der Waals surface area contributed by atoms with Crippen LogP contribution in [-0.4, -0.2) is 40.6 Å². The number of nitrogens with zero attached hydrogens (tertiary/aromatic N) is 3. The summed E-state index contributed by atoms with van der Waals surface area (Å²) in [6, 6.07) is 4.61. The zero-order valence-electron chi connectivity index (χ0n) is 13.7. The van der Waals surface area contributed by atoms with Crippen molar-refractivity contribution in [2.45, 2.75) is 20.1 Å². The molecule has 24 heavy (non-hydrogen) atoms. The number of carbonyl (C=O) groups is 1. The van der Waals surface area contributed by atoms with Crippen molar-refractivity contribution in [2.75, 3.05) is 13.7 Å². The summed E-state index contributed by atoms with van der Waals surface area (Å²) in [5, 5.41) is 0. The Bertz CT molecular complexity index is 704. The Balaban J connectivity index is 2.15. The molecule has 0 saturated heterocycles. The minimum atomic E-state index is -2.93. The highest BCUT2D eigenvalue weighted by molar-refractivity contribution is 5.90. The lowest BCUT2D eigenvalue weighted by Crippen LogP contribution is -2.28. The molecule has 0 spiro atoms. The van der Waals surface area contributed by atoms with Gasteiger partial charge in [0.05, 0.1) is 6.61 Å². The smallest absolute Gasteiger partial charge is 0.387 e. The van der Waals surface area contributed by atoms with Crippen LogP contribution in [0.3, 0.4) is 0 Å². The number of hydrogen-bond acceptors (Lipinski definition) is 4. The summed E-state index contributed by atoms with van der Waals surface area (Å²) in [7, 11) is 3.37. The van der Waals surface area contributed by atoms with Crippen LogP contribution in [0.15, 0.2) is 30.6 Å². The molecule has 8 heteroatoms. The normalized spacial score (nSPS) is 10.8. The monoisotopic (exact) mass is 339 g/mol. The molecule has 0 fully saturated rings. The molecule has 1 heterocycles. The van der Waals surface area contributed by atoms with E-state index in [1.807, 2.05) is 0 Å². The summed E-state index contributed by atoms with van der Waals surface area (Å²) < 4.78 is 36.2. The molecule has 1 amide bonds. The highest BCUT2D eigenvalue weighted by atomic mass is 19.3. The van der Waals surface area contributed by atoms with Gasteiger partial charge in [0.1, 0.15) is 0 Å². The van der Waals surface area contributed by atoms with E-state index >= 15 is 0 Å². The van der Waals surface area contributed by atoms with E-state index in [0.29, 0.717) is 12.4 Å². The van der Waals surface area contributed by atoms with Crippen molar-refractivity contribution in [3.05, 3.63) is 42.0 Å². The van der Waals surface area contributed by atoms with E-state index in [-0.39, 0.29) is 24.0 Å². The molecule has 0 aliphatic heterocycles. The third-order valence-corrected chi connectivity index (χ3v) is 3.30. The van der Waals surface area contributed by atoms with E-state index in [1.54, 1.807) is 50.1 Å². The summed E-state index contributed by atoms with van der Waals surface area (Å²) >= 11 is 0. The van der Waals surface area contributed by atoms with E-state index in [1.165, 1.54) is 11.0 Å². The van der Waals surface area contributed by atoms with Crippen molar-refractivity contribution < 1.29 is 23.0 Å². The van der Waals surface area contributed by atoms with Crippen LogP contribution in [0.2, 0.25) is 0 Å². The molecule has 0 N–H and O–H groups in total. The van der Waals surface area contributed by atoms with Crippen LogP contribution in [0.4, 0.5) is 8.78 Å². The van der Waals surface area contributed by atoms with Gasteiger partial charge in [-0.3, -0.25) is 4.79 Å². The number of halogens is 2. The number of hydrogen-bond donors (Lipinski definition) is 0. The maximum atomic E-state index is 12.4. The first-order valence-electron chi connectivity index (χ1n) is 7.35. The Morgan fingerprint density at radius 2 is 2.12 bits per heavy atom. The summed E-state index contributed by atoms with van der Waals surface area (Å²) in [4.78, 5) is 17.8. The molecular weight excluding hydrogens is 320 g/mol. The molecule has 6 nitrogen and oxygen atoms in total. The largest absolute Gasteiger partial charge is 0.490 e. The molecule has 0 saturated carbocycles. The maximum Gasteiger partial charge on any atom is 0.387 e. The summed E-state index contributed by atoms with van der Waals surface area (Å²) in [6.07, 6.45) is 3.23. The minimum Gasteiger partial charge on any atom is -0.490 e. The van der Waals surface area contributed by atoms with Crippen LogP contribution >= 0.6 is 0 Å². The highest BCUT2D eigenvalue weighted by Crippen LogP contribution is 2.30. The van der Waals surface area contributed by atoms with E-state index < -0.39 is 6.61 Å². The van der Waals surface area contributed by atoms with E-state index in [9.17, 15) is 13.6 Å². The van der Waals surface area contributed by atoms with E-state index in [4.69, 9.17) is 4.74 Å². The summed E-state index contributed by atoms with van der Waals surface area (Å²) in [5.74, 6) is 0.260. The second kappa shape index (κ2) is 7.76. The third-order valence-electron chi connectivity index (χ3n) is 3.30. The van der Waals surface area contributed by atoms with Gasteiger partial charge in [0.2, 0.25) is 0 Å². The van der Waals surface area contributed by atoms with Crippen molar-refractivity contribution in [1.82, 2.24) is 14.5 Å². The van der Waals surface area contributed by atoms with Crippen molar-refractivity contribution in [2.24, 2.45) is 7.05 Å². The van der Waals surface area contributed by atoms with Crippen LogP contribution < -0.4 is 9.47 Å². The lowest BCUT2D eigenvalue weighted by atomic mass is 10.2. The molecule has 0 atom stereocenters. The number of imidazole rings is 1. The molecule has 130 valence electrons. The maximum absolute atomic E-state index is 12.4. The van der Waals surface area contributed by atoms with Crippen molar-refractivity contribution in [3.63, 3.8) is 0 Å².